The number of carbonyl (C=O) groups is 3. The van der Waals surface area contributed by atoms with Crippen LogP contribution in [0.1, 0.15) is 149 Å². The van der Waals surface area contributed by atoms with Crippen LogP contribution in [0.4, 0.5) is 17.1 Å². The zero-order chi connectivity index (χ0) is 48.5. The minimum absolute atomic E-state index is 0.0420. The lowest BCUT2D eigenvalue weighted by Gasteiger charge is -2.09. The molecule has 64 heavy (non-hydrogen) atoms. The molecule has 350 valence electrons. The Morgan fingerprint density at radius 2 is 1.23 bits per heavy atom. The van der Waals surface area contributed by atoms with Crippen molar-refractivity contribution in [1.82, 2.24) is 15.0 Å². The average Bonchev–Trinajstić information content (AvgIpc) is 3.86. The van der Waals surface area contributed by atoms with Gasteiger partial charge in [0.15, 0.2) is 0 Å². The van der Waals surface area contributed by atoms with Crippen LogP contribution in [0.3, 0.4) is 0 Å². The molecule has 9 heteroatoms. The third kappa shape index (κ3) is 27.8. The van der Waals surface area contributed by atoms with Gasteiger partial charge in [-0.2, -0.15) is 0 Å². The van der Waals surface area contributed by atoms with Gasteiger partial charge in [0.25, 0.3) is 0 Å². The maximum Gasteiger partial charge on any atom is 0.230 e. The molecule has 3 aromatic carbocycles. The van der Waals surface area contributed by atoms with Crippen LogP contribution in [0.5, 0.6) is 0 Å². The standard InChI is InChI=1S/C16H18N2O.C16H19NO.C10H15N.C5H6N2O.4C2H6/c1-12(2)13-6-5-8-15(10-13)18-16(19)11-14-7-3-4-9-17-14;1-2-13-9-6-10-15(11-13)17-16(18)12-14-7-4-3-5-8-14;1-8(2)9-5-4-6-10(7-9)11-3;8-4-1-5-6-2-3-7-5;4*1-2/h3-10,12H,11H2,1-2H3,(H,18,19);4,6-11H,2-3,5,12H2,1H3,(H,17,18);4-8,11H,1-3H3;2-4H,1H2,(H,6,7);4*1-2H3. The first-order chi connectivity index (χ1) is 31.1. The fraction of sp³-hybridized carbons (Fsp3) is 0.400. The Hall–Kier alpha value is -6.09. The van der Waals surface area contributed by atoms with E-state index in [0.717, 1.165) is 54.0 Å². The Bertz CT molecular complexity index is 1970. The number of benzene rings is 3. The molecule has 4 N–H and O–H groups in total. The van der Waals surface area contributed by atoms with Gasteiger partial charge < -0.3 is 25.7 Å². The van der Waals surface area contributed by atoms with E-state index in [1.165, 1.54) is 22.4 Å². The van der Waals surface area contributed by atoms with Crippen LogP contribution in [-0.2, 0) is 33.6 Å². The first kappa shape index (κ1) is 60.0. The van der Waals surface area contributed by atoms with Gasteiger partial charge >= 0.3 is 0 Å². The minimum atomic E-state index is -0.0420. The number of aldehydes is 1. The molecule has 6 rings (SSSR count). The number of H-pyrrole nitrogens is 1. The number of rotatable bonds is 12. The maximum atomic E-state index is 11.9. The van der Waals surface area contributed by atoms with Crippen molar-refractivity contribution in [3.63, 3.8) is 0 Å². The van der Waals surface area contributed by atoms with Gasteiger partial charge in [-0.05, 0) is 102 Å². The largest absolute Gasteiger partial charge is 0.388 e. The summed E-state index contributed by atoms with van der Waals surface area (Å²) in [5, 5.41) is 8.98. The van der Waals surface area contributed by atoms with Gasteiger partial charge in [-0.1, -0.05) is 151 Å². The zero-order valence-corrected chi connectivity index (χ0v) is 41.7. The van der Waals surface area contributed by atoms with Crippen LogP contribution in [0.15, 0.2) is 133 Å². The van der Waals surface area contributed by atoms with Gasteiger partial charge in [0, 0.05) is 48.4 Å². The number of hydrogen-bond donors (Lipinski definition) is 4. The molecular formula is C55H82N6O3. The van der Waals surface area contributed by atoms with E-state index in [1.54, 1.807) is 18.6 Å². The number of nitrogens with zero attached hydrogens (tertiary/aromatic N) is 2. The topological polar surface area (TPSA) is 129 Å². The highest BCUT2D eigenvalue weighted by Crippen LogP contribution is 2.20. The molecule has 2 amide bonds. The van der Waals surface area contributed by atoms with Gasteiger partial charge in [0.05, 0.1) is 19.3 Å². The number of imidazole rings is 1. The minimum Gasteiger partial charge on any atom is -0.388 e. The molecule has 9 nitrogen and oxygen atoms in total. The number of allylic oxidation sites excluding steroid dienone is 3. The predicted octanol–water partition coefficient (Wildman–Crippen LogP) is 14.3. The summed E-state index contributed by atoms with van der Waals surface area (Å²) in [6.45, 7) is 26.8. The van der Waals surface area contributed by atoms with E-state index in [2.05, 4.69) is 114 Å². The van der Waals surface area contributed by atoms with E-state index in [9.17, 15) is 14.4 Å². The molecule has 0 atom stereocenters. The summed E-state index contributed by atoms with van der Waals surface area (Å²) < 4.78 is 0. The van der Waals surface area contributed by atoms with E-state index < -0.39 is 0 Å². The highest BCUT2D eigenvalue weighted by atomic mass is 16.2. The molecule has 0 spiro atoms. The second kappa shape index (κ2) is 39.7. The van der Waals surface area contributed by atoms with Crippen molar-refractivity contribution in [2.75, 3.05) is 23.0 Å². The second-order valence-electron chi connectivity index (χ2n) is 13.8. The third-order valence-corrected chi connectivity index (χ3v) is 8.63. The first-order valence-corrected chi connectivity index (χ1v) is 23.3. The molecule has 2 heterocycles. The van der Waals surface area contributed by atoms with Gasteiger partial charge in [-0.15, -0.1) is 0 Å². The summed E-state index contributed by atoms with van der Waals surface area (Å²) in [5.41, 5.74) is 8.66. The van der Waals surface area contributed by atoms with Crippen LogP contribution < -0.4 is 16.0 Å². The second-order valence-corrected chi connectivity index (χ2v) is 13.8. The molecule has 0 radical (unpaired) electrons. The highest BCUT2D eigenvalue weighted by Gasteiger charge is 2.08. The zero-order valence-electron chi connectivity index (χ0n) is 41.7. The lowest BCUT2D eigenvalue weighted by molar-refractivity contribution is -0.116. The molecule has 0 fully saturated rings. The lowest BCUT2D eigenvalue weighted by atomic mass is 10.0. The first-order valence-electron chi connectivity index (χ1n) is 23.3. The Balaban J connectivity index is 0. The van der Waals surface area contributed by atoms with Crippen LogP contribution in [-0.4, -0.2) is 40.1 Å². The van der Waals surface area contributed by atoms with Crippen molar-refractivity contribution < 1.29 is 14.4 Å². The van der Waals surface area contributed by atoms with E-state index in [1.807, 2.05) is 123 Å². The number of anilines is 3. The molecular weight excluding hydrogens is 793 g/mol. The molecule has 0 unspecified atom stereocenters. The summed E-state index contributed by atoms with van der Waals surface area (Å²) >= 11 is 0. The van der Waals surface area contributed by atoms with Crippen LogP contribution in [0.25, 0.3) is 0 Å². The summed E-state index contributed by atoms with van der Waals surface area (Å²) in [6, 6.07) is 30.0. The normalized spacial score (nSPS) is 10.3. The molecule has 1 aliphatic carbocycles. The number of aryl methyl sites for hydroxylation is 1. The van der Waals surface area contributed by atoms with Crippen molar-refractivity contribution >= 4 is 35.2 Å². The Morgan fingerprint density at radius 3 is 1.72 bits per heavy atom. The SMILES string of the molecule is CC.CC.CC.CC.CC(C)c1cccc(NC(=O)Cc2ccccn2)c1.CCc1cccc(NC(=O)CC2=CCCC=C2)c1.CNc1cccc(C(C)C)c1.O=CCc1ncc[nH]1. The van der Waals surface area contributed by atoms with Gasteiger partial charge in [-0.3, -0.25) is 14.6 Å². The maximum absolute atomic E-state index is 11.9. The van der Waals surface area contributed by atoms with Crippen molar-refractivity contribution in [2.24, 2.45) is 0 Å². The van der Waals surface area contributed by atoms with E-state index >= 15 is 0 Å². The number of carbonyl (C=O) groups excluding carboxylic acids is 3. The fourth-order valence-electron chi connectivity index (χ4n) is 5.45. The van der Waals surface area contributed by atoms with Crippen molar-refractivity contribution in [3.8, 4) is 0 Å². The molecule has 0 saturated carbocycles. The van der Waals surface area contributed by atoms with E-state index in [0.29, 0.717) is 31.1 Å². The van der Waals surface area contributed by atoms with E-state index in [4.69, 9.17) is 0 Å². The Kier molecular flexibility index (Phi) is 37.3. The smallest absolute Gasteiger partial charge is 0.230 e. The average molecular weight is 875 g/mol. The third-order valence-electron chi connectivity index (χ3n) is 8.63. The predicted molar refractivity (Wildman–Crippen MR) is 276 cm³/mol. The molecule has 5 aromatic rings. The summed E-state index contributed by atoms with van der Waals surface area (Å²) in [6.07, 6.45) is 16.4. The summed E-state index contributed by atoms with van der Waals surface area (Å²) in [7, 11) is 1.94. The number of hydrogen-bond acceptors (Lipinski definition) is 6. The number of amides is 2. The van der Waals surface area contributed by atoms with Crippen molar-refractivity contribution in [2.45, 2.75) is 140 Å². The van der Waals surface area contributed by atoms with Crippen LogP contribution >= 0.6 is 0 Å². The molecule has 0 aliphatic heterocycles. The molecule has 2 aromatic heterocycles. The monoisotopic (exact) mass is 875 g/mol. The lowest BCUT2D eigenvalue weighted by Crippen LogP contribution is -2.15. The molecule has 0 bridgehead atoms. The number of aromatic amines is 1. The van der Waals surface area contributed by atoms with Gasteiger partial charge in [0.2, 0.25) is 11.8 Å². The molecule has 1 aliphatic rings. The van der Waals surface area contributed by atoms with E-state index in [-0.39, 0.29) is 11.8 Å². The van der Waals surface area contributed by atoms with Crippen LogP contribution in [0, 0.1) is 0 Å². The quantitative estimate of drug-likeness (QED) is 0.0924. The fourth-order valence-corrected chi connectivity index (χ4v) is 5.45. The number of aromatic nitrogens is 3. The molecule has 0 saturated heterocycles. The number of nitrogens with one attached hydrogen (secondary N) is 4. The highest BCUT2D eigenvalue weighted by molar-refractivity contribution is 5.93. The Labute approximate surface area is 388 Å². The van der Waals surface area contributed by atoms with Crippen molar-refractivity contribution in [1.29, 1.82) is 0 Å². The van der Waals surface area contributed by atoms with Crippen molar-refractivity contribution in [3.05, 3.63) is 162 Å². The van der Waals surface area contributed by atoms with Gasteiger partial charge in [0.1, 0.15) is 12.1 Å². The number of pyridine rings is 1. The summed E-state index contributed by atoms with van der Waals surface area (Å²) in [5.74, 6) is 1.80. The van der Waals surface area contributed by atoms with Crippen LogP contribution in [0.2, 0.25) is 0 Å². The Morgan fingerprint density at radius 1 is 0.672 bits per heavy atom. The van der Waals surface area contributed by atoms with Gasteiger partial charge in [-0.25, -0.2) is 4.98 Å². The summed E-state index contributed by atoms with van der Waals surface area (Å²) in [4.78, 5) is 44.4.